The Morgan fingerprint density at radius 2 is 2.17 bits per heavy atom. The first-order valence-electron chi connectivity index (χ1n) is 5.24. The van der Waals surface area contributed by atoms with E-state index < -0.39 is 24.1 Å². The minimum Gasteiger partial charge on any atom is -0.406 e. The van der Waals surface area contributed by atoms with Crippen molar-refractivity contribution in [2.24, 2.45) is 5.73 Å². The second-order valence-electron chi connectivity index (χ2n) is 3.58. The monoisotopic (exact) mass is 262 g/mol. The average Bonchev–Trinajstić information content (AvgIpc) is 2.26. The number of hydrogen-bond donors (Lipinski definition) is 2. The highest BCUT2D eigenvalue weighted by Gasteiger charge is 2.31. The molecule has 1 aromatic carbocycles. The van der Waals surface area contributed by atoms with Crippen molar-refractivity contribution in [3.63, 3.8) is 0 Å². The molecule has 1 atom stereocenters. The first-order chi connectivity index (χ1) is 8.31. The van der Waals surface area contributed by atoms with Gasteiger partial charge in [-0.3, -0.25) is 4.79 Å². The smallest absolute Gasteiger partial charge is 0.406 e. The lowest BCUT2D eigenvalue weighted by Crippen LogP contribution is -2.34. The summed E-state index contributed by atoms with van der Waals surface area (Å²) in [4.78, 5) is 11.4. The van der Waals surface area contributed by atoms with Gasteiger partial charge >= 0.3 is 6.36 Å². The molecule has 0 radical (unpaired) electrons. The molecular weight excluding hydrogens is 249 g/mol. The van der Waals surface area contributed by atoms with Gasteiger partial charge in [0.05, 0.1) is 6.04 Å². The van der Waals surface area contributed by atoms with Crippen LogP contribution in [0.25, 0.3) is 0 Å². The quantitative estimate of drug-likeness (QED) is 0.874. The van der Waals surface area contributed by atoms with Crippen LogP contribution in [0.4, 0.5) is 18.9 Å². The fourth-order valence-corrected chi connectivity index (χ4v) is 1.19. The fourth-order valence-electron chi connectivity index (χ4n) is 1.19. The number of nitrogens with one attached hydrogen (secondary N) is 1. The Balaban J connectivity index is 2.74. The largest absolute Gasteiger partial charge is 0.573 e. The topological polar surface area (TPSA) is 64.4 Å². The predicted octanol–water partition coefficient (Wildman–Crippen LogP) is 2.26. The first-order valence-corrected chi connectivity index (χ1v) is 5.24. The molecule has 0 saturated carbocycles. The molecule has 0 aliphatic heterocycles. The number of hydrogen-bond acceptors (Lipinski definition) is 3. The maximum atomic E-state index is 12.0. The summed E-state index contributed by atoms with van der Waals surface area (Å²) in [6, 6.07) is 4.31. The molecule has 3 N–H and O–H groups in total. The minimum absolute atomic E-state index is 0.200. The Hall–Kier alpha value is -1.76. The normalized spacial score (nSPS) is 12.9. The van der Waals surface area contributed by atoms with Crippen LogP contribution in [0.15, 0.2) is 24.3 Å². The third-order valence-corrected chi connectivity index (χ3v) is 2.11. The second kappa shape index (κ2) is 5.72. The van der Waals surface area contributed by atoms with Crippen molar-refractivity contribution in [2.75, 3.05) is 5.32 Å². The van der Waals surface area contributed by atoms with Crippen LogP contribution >= 0.6 is 0 Å². The number of ether oxygens (including phenoxy) is 1. The maximum absolute atomic E-state index is 12.0. The summed E-state index contributed by atoms with van der Waals surface area (Å²) in [5.74, 6) is -0.855. The van der Waals surface area contributed by atoms with Gasteiger partial charge in [-0.05, 0) is 18.6 Å². The minimum atomic E-state index is -4.76. The van der Waals surface area contributed by atoms with Crippen molar-refractivity contribution in [3.8, 4) is 5.75 Å². The first kappa shape index (κ1) is 14.3. The number of halogens is 3. The van der Waals surface area contributed by atoms with E-state index in [0.29, 0.717) is 6.42 Å². The van der Waals surface area contributed by atoms with Crippen molar-refractivity contribution in [2.45, 2.75) is 25.7 Å². The van der Waals surface area contributed by atoms with Gasteiger partial charge in [-0.25, -0.2) is 0 Å². The predicted molar refractivity (Wildman–Crippen MR) is 60.0 cm³/mol. The van der Waals surface area contributed by atoms with Crippen LogP contribution in [0.3, 0.4) is 0 Å². The summed E-state index contributed by atoms with van der Waals surface area (Å²) in [5.41, 5.74) is 5.68. The molecule has 0 aliphatic rings. The summed E-state index contributed by atoms with van der Waals surface area (Å²) in [6.45, 7) is 1.73. The number of carbonyl (C=O) groups is 1. The van der Waals surface area contributed by atoms with Gasteiger partial charge in [0.15, 0.2) is 0 Å². The Bertz CT molecular complexity index is 421. The number of nitrogens with two attached hydrogens (primary N) is 1. The highest BCUT2D eigenvalue weighted by atomic mass is 19.4. The van der Waals surface area contributed by atoms with Gasteiger partial charge in [0.2, 0.25) is 5.91 Å². The number of anilines is 1. The summed E-state index contributed by atoms with van der Waals surface area (Å²) >= 11 is 0. The van der Waals surface area contributed by atoms with Gasteiger partial charge in [-0.15, -0.1) is 13.2 Å². The van der Waals surface area contributed by atoms with Crippen molar-refractivity contribution in [1.29, 1.82) is 0 Å². The summed E-state index contributed by atoms with van der Waals surface area (Å²) < 4.78 is 39.7. The standard InChI is InChI=1S/C11H13F3N2O2/c1-2-9(15)10(17)16-7-4-3-5-8(6-7)18-11(12,13)14/h3-6,9H,2,15H2,1H3,(H,16,17)/t9-/m0/s1. The van der Waals surface area contributed by atoms with E-state index in [9.17, 15) is 18.0 Å². The molecule has 0 saturated heterocycles. The van der Waals surface area contributed by atoms with E-state index in [0.717, 1.165) is 12.1 Å². The number of alkyl halides is 3. The van der Waals surface area contributed by atoms with Gasteiger partial charge < -0.3 is 15.8 Å². The van der Waals surface area contributed by atoms with E-state index in [2.05, 4.69) is 10.1 Å². The highest BCUT2D eigenvalue weighted by molar-refractivity contribution is 5.94. The Morgan fingerprint density at radius 1 is 1.50 bits per heavy atom. The molecule has 0 fully saturated rings. The Kier molecular flexibility index (Phi) is 4.55. The number of benzene rings is 1. The Morgan fingerprint density at radius 3 is 2.72 bits per heavy atom. The SMILES string of the molecule is CC[C@H](N)C(=O)Nc1cccc(OC(F)(F)F)c1. The molecule has 1 aromatic rings. The van der Waals surface area contributed by atoms with Crippen LogP contribution in [0.2, 0.25) is 0 Å². The van der Waals surface area contributed by atoms with Crippen molar-refractivity contribution >= 4 is 11.6 Å². The van der Waals surface area contributed by atoms with Crippen molar-refractivity contribution in [3.05, 3.63) is 24.3 Å². The van der Waals surface area contributed by atoms with Gasteiger partial charge in [0, 0.05) is 11.8 Å². The molecule has 0 heterocycles. The lowest BCUT2D eigenvalue weighted by molar-refractivity contribution is -0.274. The zero-order valence-corrected chi connectivity index (χ0v) is 9.62. The molecule has 7 heteroatoms. The molecule has 0 aliphatic carbocycles. The lowest BCUT2D eigenvalue weighted by Gasteiger charge is -2.12. The van der Waals surface area contributed by atoms with Crippen LogP contribution in [0.1, 0.15) is 13.3 Å². The third-order valence-electron chi connectivity index (χ3n) is 2.11. The van der Waals surface area contributed by atoms with Crippen LogP contribution in [0.5, 0.6) is 5.75 Å². The lowest BCUT2D eigenvalue weighted by atomic mass is 10.2. The second-order valence-corrected chi connectivity index (χ2v) is 3.58. The van der Waals surface area contributed by atoms with Crippen molar-refractivity contribution < 1.29 is 22.7 Å². The van der Waals surface area contributed by atoms with E-state index in [4.69, 9.17) is 5.73 Å². The van der Waals surface area contributed by atoms with E-state index >= 15 is 0 Å². The molecule has 18 heavy (non-hydrogen) atoms. The van der Waals surface area contributed by atoms with Gasteiger partial charge in [0.25, 0.3) is 0 Å². The number of amides is 1. The molecule has 4 nitrogen and oxygen atoms in total. The zero-order valence-electron chi connectivity index (χ0n) is 9.62. The van der Waals surface area contributed by atoms with E-state index in [1.807, 2.05) is 0 Å². The number of carbonyl (C=O) groups excluding carboxylic acids is 1. The number of rotatable bonds is 4. The summed E-state index contributed by atoms with van der Waals surface area (Å²) in [6.07, 6.45) is -4.33. The molecule has 1 amide bonds. The molecular formula is C11H13F3N2O2. The maximum Gasteiger partial charge on any atom is 0.573 e. The van der Waals surface area contributed by atoms with Crippen molar-refractivity contribution in [1.82, 2.24) is 0 Å². The van der Waals surface area contributed by atoms with Gasteiger partial charge in [0.1, 0.15) is 5.75 Å². The Labute approximate surface area is 102 Å². The fraction of sp³-hybridized carbons (Fsp3) is 0.364. The van der Waals surface area contributed by atoms with Crippen LogP contribution in [0, 0.1) is 0 Å². The van der Waals surface area contributed by atoms with Gasteiger partial charge in [-0.1, -0.05) is 13.0 Å². The molecule has 100 valence electrons. The van der Waals surface area contributed by atoms with E-state index in [-0.39, 0.29) is 5.69 Å². The highest BCUT2D eigenvalue weighted by Crippen LogP contribution is 2.25. The zero-order chi connectivity index (χ0) is 13.8. The molecule has 0 spiro atoms. The van der Waals surface area contributed by atoms with Gasteiger partial charge in [-0.2, -0.15) is 0 Å². The van der Waals surface area contributed by atoms with E-state index in [1.54, 1.807) is 6.92 Å². The summed E-state index contributed by atoms with van der Waals surface area (Å²) in [5, 5.41) is 2.41. The van der Waals surface area contributed by atoms with Crippen LogP contribution in [-0.4, -0.2) is 18.3 Å². The van der Waals surface area contributed by atoms with Crippen LogP contribution in [-0.2, 0) is 4.79 Å². The third kappa shape index (κ3) is 4.62. The molecule has 1 rings (SSSR count). The molecule has 0 aromatic heterocycles. The van der Waals surface area contributed by atoms with Crippen LogP contribution < -0.4 is 15.8 Å². The molecule has 0 unspecified atom stereocenters. The summed E-state index contributed by atoms with van der Waals surface area (Å²) in [7, 11) is 0. The van der Waals surface area contributed by atoms with E-state index in [1.165, 1.54) is 12.1 Å². The average molecular weight is 262 g/mol. The molecule has 0 bridgehead atoms.